The van der Waals surface area contributed by atoms with E-state index in [0.29, 0.717) is 0 Å². The van der Waals surface area contributed by atoms with E-state index < -0.39 is 0 Å². The average molecular weight is 661 g/mol. The fourth-order valence-electron chi connectivity index (χ4n) is 9.82. The fraction of sp³-hybridized carbons (Fsp3) is 0.234. The molecule has 51 heavy (non-hydrogen) atoms. The van der Waals surface area contributed by atoms with Gasteiger partial charge in [-0.2, -0.15) is 0 Å². The Balaban J connectivity index is 1.40. The number of para-hydroxylation sites is 3. The van der Waals surface area contributed by atoms with Crippen molar-refractivity contribution in [3.8, 4) is 11.1 Å². The highest BCUT2D eigenvalue weighted by Gasteiger charge is 2.49. The SMILES string of the molecule is CC(C)(C)c1ccc2c(c1)c1cc(C(C)(C)C)cc3c1n2B1c2cccc4c2N(c2ccccc2C4(C)C)c2c1c-3cc1oc3ccccc3c21. The molecule has 3 nitrogen and oxygen atoms in total. The lowest BCUT2D eigenvalue weighted by Gasteiger charge is -2.48. The molecule has 2 aromatic heterocycles. The number of furan rings is 1. The van der Waals surface area contributed by atoms with Gasteiger partial charge in [0.25, 0.3) is 0 Å². The molecule has 4 heteroatoms. The van der Waals surface area contributed by atoms with Crippen LogP contribution in [0.5, 0.6) is 0 Å². The molecule has 0 saturated carbocycles. The summed E-state index contributed by atoms with van der Waals surface area (Å²) in [5, 5.41) is 5.04. The van der Waals surface area contributed by atoms with Crippen LogP contribution in [0.2, 0.25) is 0 Å². The number of hydrogen-bond donors (Lipinski definition) is 0. The van der Waals surface area contributed by atoms with Gasteiger partial charge < -0.3 is 13.8 Å². The van der Waals surface area contributed by atoms with E-state index in [1.54, 1.807) is 0 Å². The molecule has 3 aliphatic rings. The predicted octanol–water partition coefficient (Wildman–Crippen LogP) is 11.3. The largest absolute Gasteiger partial charge is 0.456 e. The number of anilines is 3. The molecule has 0 aliphatic carbocycles. The minimum atomic E-state index is -0.172. The maximum Gasteiger partial charge on any atom is 0.333 e. The van der Waals surface area contributed by atoms with Gasteiger partial charge in [-0.3, -0.25) is 0 Å². The van der Waals surface area contributed by atoms with E-state index in [9.17, 15) is 0 Å². The first kappa shape index (κ1) is 29.5. The molecule has 0 bridgehead atoms. The minimum Gasteiger partial charge on any atom is -0.456 e. The van der Waals surface area contributed by atoms with Crippen molar-refractivity contribution in [1.82, 2.24) is 4.48 Å². The van der Waals surface area contributed by atoms with Gasteiger partial charge in [-0.1, -0.05) is 116 Å². The summed E-state index contributed by atoms with van der Waals surface area (Å²) in [6, 6.07) is 39.4. The zero-order valence-electron chi connectivity index (χ0n) is 30.7. The first-order valence-electron chi connectivity index (χ1n) is 18.5. The highest BCUT2D eigenvalue weighted by atomic mass is 16.3. The number of fused-ring (bicyclic) bond motifs is 13. The quantitative estimate of drug-likeness (QED) is 0.151. The average Bonchev–Trinajstić information content (AvgIpc) is 3.64. The van der Waals surface area contributed by atoms with E-state index in [-0.39, 0.29) is 23.1 Å². The van der Waals surface area contributed by atoms with Gasteiger partial charge in [0.15, 0.2) is 0 Å². The van der Waals surface area contributed by atoms with Gasteiger partial charge in [-0.15, -0.1) is 0 Å². The Morgan fingerprint density at radius 2 is 1.33 bits per heavy atom. The highest BCUT2D eigenvalue weighted by molar-refractivity contribution is 6.90. The van der Waals surface area contributed by atoms with Crippen LogP contribution in [-0.4, -0.2) is 11.3 Å². The summed E-state index contributed by atoms with van der Waals surface area (Å²) in [5.74, 6) is 0. The molecular formula is C47H41BN2O. The summed E-state index contributed by atoms with van der Waals surface area (Å²) < 4.78 is 9.55. The van der Waals surface area contributed by atoms with E-state index in [4.69, 9.17) is 4.42 Å². The molecule has 0 N–H and O–H groups in total. The molecule has 0 amide bonds. The minimum absolute atomic E-state index is 0.00574. The van der Waals surface area contributed by atoms with Gasteiger partial charge in [0.1, 0.15) is 11.2 Å². The topological polar surface area (TPSA) is 21.3 Å². The molecule has 0 unspecified atom stereocenters. The predicted molar refractivity (Wildman–Crippen MR) is 217 cm³/mol. The Labute approximate surface area is 299 Å². The van der Waals surface area contributed by atoms with Crippen LogP contribution >= 0.6 is 0 Å². The van der Waals surface area contributed by atoms with Crippen LogP contribution in [0.1, 0.15) is 77.6 Å². The molecule has 0 spiro atoms. The number of hydrogen-bond acceptors (Lipinski definition) is 2. The van der Waals surface area contributed by atoms with E-state index in [1.165, 1.54) is 93.9 Å². The lowest BCUT2D eigenvalue weighted by molar-refractivity contribution is 0.590. The molecule has 3 aliphatic heterocycles. The maximum absolute atomic E-state index is 6.84. The zero-order chi connectivity index (χ0) is 34.9. The Bertz CT molecular complexity index is 2870. The number of rotatable bonds is 0. The Hall–Kier alpha value is -5.22. The maximum atomic E-state index is 6.84. The third-order valence-electron chi connectivity index (χ3n) is 12.4. The Kier molecular flexibility index (Phi) is 5.30. The highest BCUT2D eigenvalue weighted by Crippen LogP contribution is 2.56. The Morgan fingerprint density at radius 3 is 2.14 bits per heavy atom. The van der Waals surface area contributed by atoms with Gasteiger partial charge in [-0.05, 0) is 92.0 Å². The number of benzene rings is 6. The molecule has 0 radical (unpaired) electrons. The molecule has 248 valence electrons. The van der Waals surface area contributed by atoms with Gasteiger partial charge in [0, 0.05) is 43.9 Å². The van der Waals surface area contributed by atoms with Crippen molar-refractivity contribution in [2.24, 2.45) is 0 Å². The first-order valence-corrected chi connectivity index (χ1v) is 18.5. The molecule has 0 saturated heterocycles. The zero-order valence-corrected chi connectivity index (χ0v) is 30.7. The molecule has 0 atom stereocenters. The van der Waals surface area contributed by atoms with Crippen LogP contribution in [0.4, 0.5) is 17.1 Å². The van der Waals surface area contributed by atoms with Crippen molar-refractivity contribution in [3.63, 3.8) is 0 Å². The van der Waals surface area contributed by atoms with Crippen molar-refractivity contribution >= 4 is 78.6 Å². The summed E-state index contributed by atoms with van der Waals surface area (Å²) >= 11 is 0. The van der Waals surface area contributed by atoms with Crippen LogP contribution in [0.15, 0.2) is 108 Å². The van der Waals surface area contributed by atoms with Gasteiger partial charge in [0.05, 0.1) is 16.8 Å². The van der Waals surface area contributed by atoms with Crippen molar-refractivity contribution in [2.75, 3.05) is 4.90 Å². The normalized spacial score (nSPS) is 15.5. The molecular weight excluding hydrogens is 619 g/mol. The third kappa shape index (κ3) is 3.56. The molecule has 8 aromatic rings. The van der Waals surface area contributed by atoms with E-state index >= 15 is 0 Å². The second-order valence-corrected chi connectivity index (χ2v) is 17.8. The van der Waals surface area contributed by atoms with E-state index in [1.807, 2.05) is 0 Å². The van der Waals surface area contributed by atoms with Crippen LogP contribution in [0, 0.1) is 0 Å². The first-order chi connectivity index (χ1) is 24.3. The van der Waals surface area contributed by atoms with Crippen LogP contribution in [0.25, 0.3) is 54.9 Å². The van der Waals surface area contributed by atoms with Crippen molar-refractivity contribution in [1.29, 1.82) is 0 Å². The molecule has 5 heterocycles. The van der Waals surface area contributed by atoms with Gasteiger partial charge in [-0.25, -0.2) is 0 Å². The summed E-state index contributed by atoms with van der Waals surface area (Å²) in [6.07, 6.45) is 0. The number of aromatic nitrogens is 1. The van der Waals surface area contributed by atoms with Crippen molar-refractivity contribution < 1.29 is 4.42 Å². The van der Waals surface area contributed by atoms with Crippen LogP contribution in [-0.2, 0) is 16.2 Å². The fourth-order valence-corrected chi connectivity index (χ4v) is 9.82. The van der Waals surface area contributed by atoms with Gasteiger partial charge >= 0.3 is 6.85 Å². The smallest absolute Gasteiger partial charge is 0.333 e. The van der Waals surface area contributed by atoms with Gasteiger partial charge in [0.2, 0.25) is 0 Å². The molecule has 0 fully saturated rings. The van der Waals surface area contributed by atoms with E-state index in [2.05, 4.69) is 168 Å². The standard InChI is InChI=1S/C47H41BN2O/c1-45(2,3)26-20-21-36-29(22-26)31-23-27(46(4,5)6)24-32-30-25-39-40(28-14-9-12-19-38(28)51-39)44-41(30)48(50(36)42(31)32)35-17-13-16-34-43(35)49(44)37-18-11-10-15-33(37)47(34,7)8/h9-25H,1-8H3. The van der Waals surface area contributed by atoms with Crippen LogP contribution < -0.4 is 15.8 Å². The summed E-state index contributed by atoms with van der Waals surface area (Å²) in [6.45, 7) is 18.8. The van der Waals surface area contributed by atoms with Crippen LogP contribution in [0.3, 0.4) is 0 Å². The summed E-state index contributed by atoms with van der Waals surface area (Å²) in [7, 11) is 0. The molecule has 6 aromatic carbocycles. The summed E-state index contributed by atoms with van der Waals surface area (Å²) in [4.78, 5) is 2.62. The summed E-state index contributed by atoms with van der Waals surface area (Å²) in [5.41, 5.74) is 18.9. The second kappa shape index (κ2) is 9.17. The lowest BCUT2D eigenvalue weighted by Crippen LogP contribution is -2.58. The third-order valence-corrected chi connectivity index (χ3v) is 12.4. The monoisotopic (exact) mass is 660 g/mol. The lowest BCUT2D eigenvalue weighted by atomic mass is 9.44. The van der Waals surface area contributed by atoms with Crippen molar-refractivity contribution in [2.45, 2.75) is 71.6 Å². The number of nitrogens with zero attached hydrogens (tertiary/aromatic N) is 2. The van der Waals surface area contributed by atoms with E-state index in [0.717, 1.165) is 11.2 Å². The van der Waals surface area contributed by atoms with Crippen molar-refractivity contribution in [3.05, 3.63) is 125 Å². The molecule has 11 rings (SSSR count). The second-order valence-electron chi connectivity index (χ2n) is 17.8. The Morgan fingerprint density at radius 1 is 0.608 bits per heavy atom.